The molecule has 2 fully saturated rings. The van der Waals surface area contributed by atoms with E-state index in [2.05, 4.69) is 31.2 Å². The minimum absolute atomic E-state index is 0.0222. The van der Waals surface area contributed by atoms with Crippen molar-refractivity contribution in [3.05, 3.63) is 35.9 Å². The summed E-state index contributed by atoms with van der Waals surface area (Å²) in [6.45, 7) is 2.27. The van der Waals surface area contributed by atoms with E-state index in [0.717, 1.165) is 19.3 Å². The standard InChI is InChI=1S/C14H16O/c1-13(11-6-3-2-4-7-11)10-12(15)14(13)8-5-9-14/h2-4,6-7H,5,8-10H2,1H3. The molecule has 1 unspecified atom stereocenters. The van der Waals surface area contributed by atoms with Gasteiger partial charge in [-0.25, -0.2) is 0 Å². The van der Waals surface area contributed by atoms with Gasteiger partial charge in [0.05, 0.1) is 0 Å². The summed E-state index contributed by atoms with van der Waals surface area (Å²) in [7, 11) is 0. The van der Waals surface area contributed by atoms with E-state index in [-0.39, 0.29) is 10.8 Å². The van der Waals surface area contributed by atoms with Crippen molar-refractivity contribution in [2.45, 2.75) is 38.0 Å². The van der Waals surface area contributed by atoms with Crippen LogP contribution >= 0.6 is 0 Å². The molecule has 0 amide bonds. The molecule has 1 aromatic carbocycles. The number of Topliss-reactive ketones (excluding diaryl/α,β-unsaturated/α-hetero) is 1. The van der Waals surface area contributed by atoms with Gasteiger partial charge in [-0.05, 0) is 18.4 Å². The topological polar surface area (TPSA) is 17.1 Å². The molecule has 2 saturated carbocycles. The third-order valence-electron chi connectivity index (χ3n) is 4.72. The van der Waals surface area contributed by atoms with Crippen LogP contribution in [-0.4, -0.2) is 5.78 Å². The van der Waals surface area contributed by atoms with E-state index in [1.807, 2.05) is 6.07 Å². The zero-order chi connectivity index (χ0) is 10.5. The first-order chi connectivity index (χ1) is 7.19. The van der Waals surface area contributed by atoms with Crippen LogP contribution in [0.4, 0.5) is 0 Å². The molecular weight excluding hydrogens is 184 g/mol. The van der Waals surface area contributed by atoms with Crippen LogP contribution in [0.2, 0.25) is 0 Å². The Morgan fingerprint density at radius 3 is 2.27 bits per heavy atom. The van der Waals surface area contributed by atoms with Gasteiger partial charge in [-0.1, -0.05) is 43.7 Å². The van der Waals surface area contributed by atoms with Crippen molar-refractivity contribution in [1.29, 1.82) is 0 Å². The second-order valence-electron chi connectivity index (χ2n) is 5.23. The molecular formula is C14H16O. The predicted octanol–water partition coefficient (Wildman–Crippen LogP) is 3.09. The van der Waals surface area contributed by atoms with E-state index < -0.39 is 0 Å². The summed E-state index contributed by atoms with van der Waals surface area (Å²) in [4.78, 5) is 11.8. The van der Waals surface area contributed by atoms with E-state index in [4.69, 9.17) is 0 Å². The molecule has 1 aromatic rings. The lowest BCUT2D eigenvalue weighted by Crippen LogP contribution is -2.63. The molecule has 2 aliphatic carbocycles. The number of carbonyl (C=O) groups excluding carboxylic acids is 1. The number of benzene rings is 1. The van der Waals surface area contributed by atoms with Crippen LogP contribution in [0, 0.1) is 5.41 Å². The minimum atomic E-state index is 0.0222. The molecule has 0 bridgehead atoms. The van der Waals surface area contributed by atoms with Gasteiger partial charge in [0.25, 0.3) is 0 Å². The van der Waals surface area contributed by atoms with Crippen molar-refractivity contribution >= 4 is 5.78 Å². The van der Waals surface area contributed by atoms with Crippen LogP contribution in [0.25, 0.3) is 0 Å². The molecule has 2 aliphatic rings. The predicted molar refractivity (Wildman–Crippen MR) is 59.7 cm³/mol. The van der Waals surface area contributed by atoms with Gasteiger partial charge in [0, 0.05) is 17.3 Å². The van der Waals surface area contributed by atoms with Crippen molar-refractivity contribution in [1.82, 2.24) is 0 Å². The maximum atomic E-state index is 11.8. The highest BCUT2D eigenvalue weighted by Crippen LogP contribution is 2.65. The second-order valence-corrected chi connectivity index (χ2v) is 5.23. The maximum Gasteiger partial charge on any atom is 0.140 e. The molecule has 15 heavy (non-hydrogen) atoms. The Labute approximate surface area is 90.5 Å². The molecule has 1 heteroatoms. The molecule has 0 radical (unpaired) electrons. The summed E-state index contributed by atoms with van der Waals surface area (Å²) < 4.78 is 0. The zero-order valence-electron chi connectivity index (χ0n) is 9.12. The SMILES string of the molecule is CC1(c2ccccc2)CC(=O)C12CCC2. The summed E-state index contributed by atoms with van der Waals surface area (Å²) in [5.74, 6) is 0.500. The average Bonchev–Trinajstić information content (AvgIpc) is 2.16. The highest BCUT2D eigenvalue weighted by atomic mass is 16.1. The van der Waals surface area contributed by atoms with Crippen molar-refractivity contribution in [2.75, 3.05) is 0 Å². The number of carbonyl (C=O) groups is 1. The first-order valence-electron chi connectivity index (χ1n) is 5.78. The van der Waals surface area contributed by atoms with E-state index in [1.54, 1.807) is 0 Å². The maximum absolute atomic E-state index is 11.8. The Balaban J connectivity index is 2.02. The van der Waals surface area contributed by atoms with E-state index in [9.17, 15) is 4.79 Å². The number of hydrogen-bond acceptors (Lipinski definition) is 1. The van der Waals surface area contributed by atoms with E-state index in [1.165, 1.54) is 12.0 Å². The molecule has 0 N–H and O–H groups in total. The number of hydrogen-bond donors (Lipinski definition) is 0. The Morgan fingerprint density at radius 2 is 1.80 bits per heavy atom. The summed E-state index contributed by atoms with van der Waals surface area (Å²) >= 11 is 0. The lowest BCUT2D eigenvalue weighted by Gasteiger charge is -2.61. The van der Waals surface area contributed by atoms with Gasteiger partial charge in [-0.15, -0.1) is 0 Å². The lowest BCUT2D eigenvalue weighted by molar-refractivity contribution is -0.159. The van der Waals surface area contributed by atoms with Crippen molar-refractivity contribution in [3.63, 3.8) is 0 Å². The van der Waals surface area contributed by atoms with E-state index >= 15 is 0 Å². The molecule has 1 atom stereocenters. The minimum Gasteiger partial charge on any atom is -0.299 e. The Bertz CT molecular complexity index is 403. The normalized spacial score (nSPS) is 32.2. The molecule has 0 saturated heterocycles. The van der Waals surface area contributed by atoms with Crippen LogP contribution in [-0.2, 0) is 10.2 Å². The number of rotatable bonds is 1. The Hall–Kier alpha value is -1.11. The fourth-order valence-corrected chi connectivity index (χ4v) is 3.41. The van der Waals surface area contributed by atoms with Crippen LogP contribution in [0.5, 0.6) is 0 Å². The van der Waals surface area contributed by atoms with Gasteiger partial charge in [-0.2, -0.15) is 0 Å². The highest BCUT2D eigenvalue weighted by Gasteiger charge is 2.65. The highest BCUT2D eigenvalue weighted by molar-refractivity contribution is 5.96. The largest absolute Gasteiger partial charge is 0.299 e. The van der Waals surface area contributed by atoms with Crippen LogP contribution < -0.4 is 0 Å². The molecule has 0 aliphatic heterocycles. The number of ketones is 1. The summed E-state index contributed by atoms with van der Waals surface area (Å²) in [5.41, 5.74) is 1.50. The molecule has 0 heterocycles. The van der Waals surface area contributed by atoms with Gasteiger partial charge in [0.15, 0.2) is 0 Å². The zero-order valence-corrected chi connectivity index (χ0v) is 9.12. The van der Waals surface area contributed by atoms with Crippen LogP contribution in [0.3, 0.4) is 0 Å². The summed E-state index contributed by atoms with van der Waals surface area (Å²) in [6.07, 6.45) is 4.19. The molecule has 3 rings (SSSR count). The van der Waals surface area contributed by atoms with Crippen molar-refractivity contribution in [2.24, 2.45) is 5.41 Å². The van der Waals surface area contributed by atoms with Gasteiger partial charge in [0.2, 0.25) is 0 Å². The summed E-state index contributed by atoms with van der Waals surface area (Å²) in [6, 6.07) is 10.5. The van der Waals surface area contributed by atoms with Gasteiger partial charge in [-0.3, -0.25) is 4.79 Å². The monoisotopic (exact) mass is 200 g/mol. The van der Waals surface area contributed by atoms with Gasteiger partial charge >= 0.3 is 0 Å². The lowest BCUT2D eigenvalue weighted by atomic mass is 9.40. The third kappa shape index (κ3) is 0.914. The quantitative estimate of drug-likeness (QED) is 0.680. The Morgan fingerprint density at radius 1 is 1.13 bits per heavy atom. The molecule has 1 nitrogen and oxygen atoms in total. The third-order valence-corrected chi connectivity index (χ3v) is 4.72. The van der Waals surface area contributed by atoms with Crippen molar-refractivity contribution < 1.29 is 4.79 Å². The molecule has 0 aromatic heterocycles. The average molecular weight is 200 g/mol. The summed E-state index contributed by atoms with van der Waals surface area (Å²) in [5, 5.41) is 0. The smallest absolute Gasteiger partial charge is 0.140 e. The molecule has 78 valence electrons. The second kappa shape index (κ2) is 2.72. The van der Waals surface area contributed by atoms with Crippen molar-refractivity contribution in [3.8, 4) is 0 Å². The fraction of sp³-hybridized carbons (Fsp3) is 0.500. The first kappa shape index (κ1) is 9.14. The fourth-order valence-electron chi connectivity index (χ4n) is 3.41. The van der Waals surface area contributed by atoms with Crippen LogP contribution in [0.15, 0.2) is 30.3 Å². The van der Waals surface area contributed by atoms with Gasteiger partial charge < -0.3 is 0 Å². The van der Waals surface area contributed by atoms with Crippen LogP contribution in [0.1, 0.15) is 38.2 Å². The van der Waals surface area contributed by atoms with E-state index in [0.29, 0.717) is 5.78 Å². The Kier molecular flexibility index (Phi) is 1.66. The van der Waals surface area contributed by atoms with Gasteiger partial charge in [0.1, 0.15) is 5.78 Å². The first-order valence-corrected chi connectivity index (χ1v) is 5.78. The molecule has 1 spiro atoms.